The van der Waals surface area contributed by atoms with Crippen molar-refractivity contribution in [2.45, 2.75) is 25.7 Å². The summed E-state index contributed by atoms with van der Waals surface area (Å²) in [5.74, 6) is 0.00516. The van der Waals surface area contributed by atoms with E-state index < -0.39 is 10.0 Å². The molecule has 0 bridgehead atoms. The summed E-state index contributed by atoms with van der Waals surface area (Å²) in [6.07, 6.45) is 1.48. The van der Waals surface area contributed by atoms with Crippen LogP contribution >= 0.6 is 0 Å². The Balaban J connectivity index is 1.59. The van der Waals surface area contributed by atoms with Crippen LogP contribution in [0.25, 0.3) is 5.69 Å². The van der Waals surface area contributed by atoms with E-state index in [0.29, 0.717) is 28.4 Å². The van der Waals surface area contributed by atoms with Crippen LogP contribution < -0.4 is 10.3 Å². The van der Waals surface area contributed by atoms with Crippen molar-refractivity contribution in [3.63, 3.8) is 0 Å². The van der Waals surface area contributed by atoms with Crippen LogP contribution in [0.1, 0.15) is 23.9 Å². The fourth-order valence-electron chi connectivity index (χ4n) is 3.36. The lowest BCUT2D eigenvalue weighted by Gasteiger charge is -2.07. The van der Waals surface area contributed by atoms with E-state index in [2.05, 4.69) is 24.8 Å². The number of benzene rings is 2. The topological polar surface area (TPSA) is 122 Å². The van der Waals surface area contributed by atoms with Crippen molar-refractivity contribution in [2.75, 3.05) is 4.72 Å². The molecular formula is C23H22N6O3S. The number of aliphatic imine (C=N–C) groups is 1. The lowest BCUT2D eigenvalue weighted by atomic mass is 10.1. The van der Waals surface area contributed by atoms with Crippen LogP contribution in [-0.4, -0.2) is 33.9 Å². The van der Waals surface area contributed by atoms with Gasteiger partial charge in [-0.1, -0.05) is 18.2 Å². The second-order valence-electron chi connectivity index (χ2n) is 7.41. The number of aryl methyl sites for hydroxylation is 2. The van der Waals surface area contributed by atoms with Gasteiger partial charge in [0, 0.05) is 17.6 Å². The number of aromatic nitrogens is 4. The first-order valence-corrected chi connectivity index (χ1v) is 11.6. The number of hydrogen-bond acceptors (Lipinski definition) is 6. The van der Waals surface area contributed by atoms with Crippen LogP contribution in [-0.2, 0) is 10.0 Å². The average Bonchev–Trinajstić information content (AvgIpc) is 3.08. The van der Waals surface area contributed by atoms with Crippen molar-refractivity contribution in [3.05, 3.63) is 94.2 Å². The minimum absolute atomic E-state index is 0.00516. The number of rotatable bonds is 6. The summed E-state index contributed by atoms with van der Waals surface area (Å²) in [6, 6.07) is 17.0. The summed E-state index contributed by atoms with van der Waals surface area (Å²) in [5.41, 5.74) is 3.36. The fraction of sp³-hybridized carbons (Fsp3) is 0.130. The van der Waals surface area contributed by atoms with E-state index in [9.17, 15) is 13.2 Å². The monoisotopic (exact) mass is 462 g/mol. The van der Waals surface area contributed by atoms with E-state index >= 15 is 0 Å². The van der Waals surface area contributed by atoms with Gasteiger partial charge in [-0.2, -0.15) is 0 Å². The molecule has 0 aliphatic rings. The predicted octanol–water partition coefficient (Wildman–Crippen LogP) is 3.51. The van der Waals surface area contributed by atoms with Gasteiger partial charge in [0.15, 0.2) is 0 Å². The molecule has 2 aromatic carbocycles. The van der Waals surface area contributed by atoms with E-state index in [-0.39, 0.29) is 16.4 Å². The largest absolute Gasteiger partial charge is 0.295 e. The first kappa shape index (κ1) is 22.2. The summed E-state index contributed by atoms with van der Waals surface area (Å²) in [4.78, 5) is 25.5. The van der Waals surface area contributed by atoms with Crippen molar-refractivity contribution < 1.29 is 8.42 Å². The highest BCUT2D eigenvalue weighted by Crippen LogP contribution is 2.20. The molecule has 0 atom stereocenters. The number of nitrogens with one attached hydrogen (secondary N) is 2. The summed E-state index contributed by atoms with van der Waals surface area (Å²) < 4.78 is 29.1. The highest BCUT2D eigenvalue weighted by Gasteiger charge is 2.17. The number of sulfonamides is 1. The second-order valence-corrected chi connectivity index (χ2v) is 9.09. The molecule has 10 heteroatoms. The number of hydrogen-bond donors (Lipinski definition) is 2. The van der Waals surface area contributed by atoms with Crippen molar-refractivity contribution in [1.82, 2.24) is 19.7 Å². The van der Waals surface area contributed by atoms with E-state index in [1.165, 1.54) is 23.0 Å². The summed E-state index contributed by atoms with van der Waals surface area (Å²) >= 11 is 0. The minimum atomic E-state index is -3.85. The van der Waals surface area contributed by atoms with Gasteiger partial charge in [-0.3, -0.25) is 14.9 Å². The van der Waals surface area contributed by atoms with Crippen LogP contribution in [0.15, 0.2) is 81.5 Å². The third-order valence-corrected chi connectivity index (χ3v) is 6.26. The Bertz CT molecular complexity index is 1490. The third kappa shape index (κ3) is 4.75. The van der Waals surface area contributed by atoms with E-state index in [0.717, 1.165) is 5.69 Å². The quantitative estimate of drug-likeness (QED) is 0.425. The van der Waals surface area contributed by atoms with Crippen LogP contribution in [0.2, 0.25) is 0 Å². The molecule has 0 amide bonds. The highest BCUT2D eigenvalue weighted by atomic mass is 32.2. The van der Waals surface area contributed by atoms with Crippen molar-refractivity contribution in [2.24, 2.45) is 4.99 Å². The van der Waals surface area contributed by atoms with E-state index in [4.69, 9.17) is 0 Å². The first-order chi connectivity index (χ1) is 15.7. The van der Waals surface area contributed by atoms with Crippen molar-refractivity contribution in [3.8, 4) is 5.69 Å². The average molecular weight is 463 g/mol. The molecule has 2 aromatic heterocycles. The summed E-state index contributed by atoms with van der Waals surface area (Å²) in [5, 5.41) is 3.08. The number of para-hydroxylation sites is 1. The Morgan fingerprint density at radius 2 is 1.73 bits per heavy atom. The highest BCUT2D eigenvalue weighted by molar-refractivity contribution is 7.92. The molecule has 0 radical (unpaired) electrons. The lowest BCUT2D eigenvalue weighted by molar-refractivity contribution is 0.601. The van der Waals surface area contributed by atoms with Crippen molar-refractivity contribution in [1.29, 1.82) is 0 Å². The van der Waals surface area contributed by atoms with Gasteiger partial charge in [-0.05, 0) is 63.2 Å². The predicted molar refractivity (Wildman–Crippen MR) is 127 cm³/mol. The number of anilines is 1. The van der Waals surface area contributed by atoms with Gasteiger partial charge in [-0.25, -0.2) is 27.8 Å². The maximum atomic E-state index is 13.0. The molecule has 0 aliphatic carbocycles. The van der Waals surface area contributed by atoms with Gasteiger partial charge >= 0.3 is 0 Å². The van der Waals surface area contributed by atoms with Crippen LogP contribution in [0, 0.1) is 13.8 Å². The zero-order valence-corrected chi connectivity index (χ0v) is 19.1. The minimum Gasteiger partial charge on any atom is -0.295 e. The molecule has 9 nitrogen and oxygen atoms in total. The summed E-state index contributed by atoms with van der Waals surface area (Å²) in [6.45, 7) is 5.30. The van der Waals surface area contributed by atoms with Crippen molar-refractivity contribution >= 4 is 27.4 Å². The molecule has 4 aromatic rings. The molecule has 0 saturated carbocycles. The molecule has 0 aliphatic heterocycles. The van der Waals surface area contributed by atoms with E-state index in [1.807, 2.05) is 37.3 Å². The Labute approximate surface area is 190 Å². The lowest BCUT2D eigenvalue weighted by Crippen LogP contribution is -2.19. The molecular weight excluding hydrogens is 440 g/mol. The smallest absolute Gasteiger partial charge is 0.280 e. The number of aromatic amines is 1. The molecule has 168 valence electrons. The molecule has 0 fully saturated rings. The third-order valence-electron chi connectivity index (χ3n) is 4.91. The Kier molecular flexibility index (Phi) is 5.93. The van der Waals surface area contributed by atoms with E-state index in [1.54, 1.807) is 32.0 Å². The van der Waals surface area contributed by atoms with Crippen LogP contribution in [0.3, 0.4) is 0 Å². The molecule has 0 saturated heterocycles. The molecule has 2 N–H and O–H groups in total. The SMILES string of the molecule is CC(=Nc1ccc(S(=O)(=O)Nc2nccc(C)n2)cc1)c1c(C)[nH]n(-c2ccccc2)c1=O. The number of nitrogens with zero attached hydrogens (tertiary/aromatic N) is 4. The zero-order valence-electron chi connectivity index (χ0n) is 18.3. The first-order valence-electron chi connectivity index (χ1n) is 10.1. The zero-order chi connectivity index (χ0) is 23.6. The molecule has 33 heavy (non-hydrogen) atoms. The van der Waals surface area contributed by atoms with Gasteiger partial charge in [0.1, 0.15) is 0 Å². The van der Waals surface area contributed by atoms with Gasteiger partial charge in [0.25, 0.3) is 15.6 Å². The Morgan fingerprint density at radius 3 is 2.39 bits per heavy atom. The second kappa shape index (κ2) is 8.83. The van der Waals surface area contributed by atoms with Gasteiger partial charge in [-0.15, -0.1) is 0 Å². The normalized spacial score (nSPS) is 12.0. The van der Waals surface area contributed by atoms with Gasteiger partial charge < -0.3 is 0 Å². The Hall–Kier alpha value is -4.05. The van der Waals surface area contributed by atoms with Gasteiger partial charge in [0.2, 0.25) is 5.95 Å². The maximum absolute atomic E-state index is 13.0. The summed E-state index contributed by atoms with van der Waals surface area (Å²) in [7, 11) is -3.85. The van der Waals surface area contributed by atoms with Crippen LogP contribution in [0.5, 0.6) is 0 Å². The molecule has 4 rings (SSSR count). The van der Waals surface area contributed by atoms with Crippen LogP contribution in [0.4, 0.5) is 11.6 Å². The number of H-pyrrole nitrogens is 1. The maximum Gasteiger partial charge on any atom is 0.280 e. The molecule has 2 heterocycles. The Morgan fingerprint density at radius 1 is 1.03 bits per heavy atom. The molecule has 0 spiro atoms. The molecule has 0 unspecified atom stereocenters. The fourth-order valence-corrected chi connectivity index (χ4v) is 4.31. The van der Waals surface area contributed by atoms with Gasteiger partial charge in [0.05, 0.1) is 27.5 Å². The standard InChI is InChI=1S/C23H22N6O3S/c1-15-13-14-24-23(25-15)28-33(31,32)20-11-9-18(10-12-20)26-16(2)21-17(3)27-29(22(21)30)19-7-5-4-6-8-19/h4-14,27H,1-3H3,(H,24,25,28).